The summed E-state index contributed by atoms with van der Waals surface area (Å²) < 4.78 is 50.8. The largest absolute Gasteiger partial charge is 0.484 e. The molecule has 1 aromatic heterocycles. The standard InChI is InChI=1S/C26H23F3N4O4/c1-15-2-4-17(32-24(35)20-12-22(26(27,28)29)31-14-30-20)11-18(15)16-3-5-19-21(10-16)37-25(13-23(34)33-19)6-8-36-9-7-25/h2-5,10-12,14H,6-9,13H2,1H3,(H,32,35)(H,33,34). The number of aryl methyl sites for hydroxylation is 1. The van der Waals surface area contributed by atoms with Crippen molar-refractivity contribution in [3.05, 3.63) is 65.7 Å². The van der Waals surface area contributed by atoms with Crippen LogP contribution in [-0.4, -0.2) is 40.6 Å². The zero-order chi connectivity index (χ0) is 26.2. The summed E-state index contributed by atoms with van der Waals surface area (Å²) in [5.41, 5.74) is 1.18. The SMILES string of the molecule is Cc1ccc(NC(=O)c2cc(C(F)(F)F)ncn2)cc1-c1ccc2c(c1)OC1(CCOCC1)CC(=O)N2. The maximum Gasteiger partial charge on any atom is 0.433 e. The van der Waals surface area contributed by atoms with Crippen LogP contribution in [0.2, 0.25) is 0 Å². The molecule has 5 rings (SSSR count). The van der Waals surface area contributed by atoms with Crippen molar-refractivity contribution in [3.63, 3.8) is 0 Å². The first kappa shape index (κ1) is 24.7. The van der Waals surface area contributed by atoms with Gasteiger partial charge in [-0.1, -0.05) is 12.1 Å². The molecule has 0 unspecified atom stereocenters. The number of fused-ring (bicyclic) bond motifs is 1. The summed E-state index contributed by atoms with van der Waals surface area (Å²) in [6.45, 7) is 2.93. The van der Waals surface area contributed by atoms with Gasteiger partial charge >= 0.3 is 6.18 Å². The van der Waals surface area contributed by atoms with Crippen molar-refractivity contribution < 1.29 is 32.2 Å². The van der Waals surface area contributed by atoms with Gasteiger partial charge in [0, 0.05) is 24.6 Å². The van der Waals surface area contributed by atoms with Crippen molar-refractivity contribution >= 4 is 23.2 Å². The minimum atomic E-state index is -4.69. The van der Waals surface area contributed by atoms with Gasteiger partial charge in [-0.25, -0.2) is 9.97 Å². The molecule has 2 aliphatic heterocycles. The number of hydrogen-bond donors (Lipinski definition) is 2. The zero-order valence-electron chi connectivity index (χ0n) is 19.8. The number of nitrogens with zero attached hydrogens (tertiary/aromatic N) is 2. The summed E-state index contributed by atoms with van der Waals surface area (Å²) in [5.74, 6) is -0.371. The molecule has 3 heterocycles. The first-order chi connectivity index (χ1) is 17.6. The maximum atomic E-state index is 13.0. The molecule has 1 spiro atoms. The minimum Gasteiger partial charge on any atom is -0.484 e. The number of aromatic nitrogens is 2. The van der Waals surface area contributed by atoms with E-state index in [1.165, 1.54) is 0 Å². The van der Waals surface area contributed by atoms with Crippen LogP contribution in [0.4, 0.5) is 24.5 Å². The van der Waals surface area contributed by atoms with Gasteiger partial charge < -0.3 is 20.1 Å². The molecule has 2 amide bonds. The number of hydrogen-bond acceptors (Lipinski definition) is 6. The summed E-state index contributed by atoms with van der Waals surface area (Å²) in [7, 11) is 0. The van der Waals surface area contributed by atoms with E-state index in [2.05, 4.69) is 20.6 Å². The van der Waals surface area contributed by atoms with Crippen LogP contribution in [0.15, 0.2) is 48.8 Å². The van der Waals surface area contributed by atoms with Crippen LogP contribution in [0.1, 0.15) is 41.0 Å². The molecule has 0 saturated carbocycles. The van der Waals surface area contributed by atoms with E-state index in [0.29, 0.717) is 55.6 Å². The highest BCUT2D eigenvalue weighted by atomic mass is 19.4. The average molecular weight is 512 g/mol. The van der Waals surface area contributed by atoms with Crippen LogP contribution in [0.3, 0.4) is 0 Å². The number of carbonyl (C=O) groups is 2. The number of amides is 2. The molecule has 192 valence electrons. The van der Waals surface area contributed by atoms with Crippen molar-refractivity contribution in [2.75, 3.05) is 23.8 Å². The number of benzene rings is 2. The second-order valence-corrected chi connectivity index (χ2v) is 9.10. The predicted molar refractivity (Wildman–Crippen MR) is 128 cm³/mol. The van der Waals surface area contributed by atoms with E-state index in [9.17, 15) is 22.8 Å². The molecule has 0 atom stereocenters. The van der Waals surface area contributed by atoms with Gasteiger partial charge in [0.1, 0.15) is 29.1 Å². The van der Waals surface area contributed by atoms with Gasteiger partial charge in [0.15, 0.2) is 0 Å². The van der Waals surface area contributed by atoms with Gasteiger partial charge in [0.2, 0.25) is 5.91 Å². The van der Waals surface area contributed by atoms with Crippen LogP contribution >= 0.6 is 0 Å². The summed E-state index contributed by atoms with van der Waals surface area (Å²) in [6, 6.07) is 11.2. The van der Waals surface area contributed by atoms with E-state index < -0.39 is 29.1 Å². The molecule has 0 aliphatic carbocycles. The Morgan fingerprint density at radius 3 is 2.62 bits per heavy atom. The van der Waals surface area contributed by atoms with E-state index in [1.807, 2.05) is 19.1 Å². The summed E-state index contributed by atoms with van der Waals surface area (Å²) in [6.07, 6.45) is -2.55. The second-order valence-electron chi connectivity index (χ2n) is 9.10. The van der Waals surface area contributed by atoms with Gasteiger partial charge in [-0.3, -0.25) is 9.59 Å². The van der Waals surface area contributed by atoms with Crippen LogP contribution in [0.5, 0.6) is 5.75 Å². The topological polar surface area (TPSA) is 102 Å². The fourth-order valence-corrected chi connectivity index (χ4v) is 4.50. The lowest BCUT2D eigenvalue weighted by atomic mass is 9.90. The highest BCUT2D eigenvalue weighted by Crippen LogP contribution is 2.41. The van der Waals surface area contributed by atoms with Crippen molar-refractivity contribution in [1.29, 1.82) is 0 Å². The number of nitrogens with one attached hydrogen (secondary N) is 2. The maximum absolute atomic E-state index is 13.0. The fraction of sp³-hybridized carbons (Fsp3) is 0.308. The number of ether oxygens (including phenoxy) is 2. The lowest BCUT2D eigenvalue weighted by Gasteiger charge is -2.35. The molecule has 2 aromatic carbocycles. The summed E-state index contributed by atoms with van der Waals surface area (Å²) in [5, 5.41) is 5.50. The van der Waals surface area contributed by atoms with E-state index >= 15 is 0 Å². The first-order valence-corrected chi connectivity index (χ1v) is 11.6. The molecule has 2 aliphatic rings. The molecule has 8 nitrogen and oxygen atoms in total. The second kappa shape index (κ2) is 9.47. The van der Waals surface area contributed by atoms with Crippen molar-refractivity contribution in [1.82, 2.24) is 9.97 Å². The Balaban J connectivity index is 1.43. The normalized spacial score (nSPS) is 16.8. The van der Waals surface area contributed by atoms with Gasteiger partial charge in [0.05, 0.1) is 25.3 Å². The van der Waals surface area contributed by atoms with Crippen LogP contribution in [0.25, 0.3) is 11.1 Å². The zero-order valence-corrected chi connectivity index (χ0v) is 19.8. The average Bonchev–Trinajstić information content (AvgIpc) is 2.99. The molecule has 2 N–H and O–H groups in total. The van der Waals surface area contributed by atoms with E-state index in [0.717, 1.165) is 16.7 Å². The third-order valence-electron chi connectivity index (χ3n) is 6.47. The highest BCUT2D eigenvalue weighted by molar-refractivity contribution is 6.03. The Morgan fingerprint density at radius 1 is 1.08 bits per heavy atom. The Bertz CT molecular complexity index is 1370. The molecule has 0 radical (unpaired) electrons. The monoisotopic (exact) mass is 512 g/mol. The molecule has 3 aromatic rings. The molecule has 1 fully saturated rings. The Labute approximate surface area is 210 Å². The lowest BCUT2D eigenvalue weighted by Crippen LogP contribution is -2.43. The highest BCUT2D eigenvalue weighted by Gasteiger charge is 2.40. The number of carbonyl (C=O) groups excluding carboxylic acids is 2. The Kier molecular flexibility index (Phi) is 6.32. The molecule has 1 saturated heterocycles. The Hall–Kier alpha value is -3.99. The quantitative estimate of drug-likeness (QED) is 0.513. The number of alkyl halides is 3. The minimum absolute atomic E-state index is 0.118. The number of anilines is 2. The van der Waals surface area contributed by atoms with Gasteiger partial charge in [0.25, 0.3) is 5.91 Å². The van der Waals surface area contributed by atoms with Crippen LogP contribution < -0.4 is 15.4 Å². The smallest absolute Gasteiger partial charge is 0.433 e. The third-order valence-corrected chi connectivity index (χ3v) is 6.47. The fourth-order valence-electron chi connectivity index (χ4n) is 4.50. The number of halogens is 3. The van der Waals surface area contributed by atoms with Crippen LogP contribution in [-0.2, 0) is 15.7 Å². The molecular weight excluding hydrogens is 489 g/mol. The van der Waals surface area contributed by atoms with Gasteiger partial charge in [-0.05, 0) is 47.9 Å². The van der Waals surface area contributed by atoms with Crippen molar-refractivity contribution in [3.8, 4) is 16.9 Å². The van der Waals surface area contributed by atoms with E-state index in [-0.39, 0.29) is 12.3 Å². The molecular formula is C26H23F3N4O4. The predicted octanol–water partition coefficient (Wildman–Crippen LogP) is 4.99. The van der Waals surface area contributed by atoms with Gasteiger partial charge in [-0.2, -0.15) is 13.2 Å². The van der Waals surface area contributed by atoms with E-state index in [1.54, 1.807) is 24.3 Å². The molecule has 37 heavy (non-hydrogen) atoms. The number of rotatable bonds is 3. The van der Waals surface area contributed by atoms with E-state index in [4.69, 9.17) is 9.47 Å². The van der Waals surface area contributed by atoms with Crippen LogP contribution in [0, 0.1) is 6.92 Å². The molecule has 0 bridgehead atoms. The Morgan fingerprint density at radius 2 is 1.86 bits per heavy atom. The summed E-state index contributed by atoms with van der Waals surface area (Å²) in [4.78, 5) is 32.0. The van der Waals surface area contributed by atoms with Crippen molar-refractivity contribution in [2.24, 2.45) is 0 Å². The molecule has 11 heteroatoms. The van der Waals surface area contributed by atoms with Crippen molar-refractivity contribution in [2.45, 2.75) is 38.0 Å². The lowest BCUT2D eigenvalue weighted by molar-refractivity contribution is -0.141. The van der Waals surface area contributed by atoms with Gasteiger partial charge in [-0.15, -0.1) is 0 Å². The third kappa shape index (κ3) is 5.26. The first-order valence-electron chi connectivity index (χ1n) is 11.6. The summed E-state index contributed by atoms with van der Waals surface area (Å²) >= 11 is 0.